The fourth-order valence-electron chi connectivity index (χ4n) is 3.85. The molecule has 0 aromatic carbocycles. The molecule has 2 heterocycles. The van der Waals surface area contributed by atoms with Gasteiger partial charge in [-0.25, -0.2) is 0 Å². The Bertz CT molecular complexity index is 410. The Hall–Kier alpha value is -0.830. The highest BCUT2D eigenvalue weighted by atomic mass is 15.3. The quantitative estimate of drug-likeness (QED) is 0.870. The van der Waals surface area contributed by atoms with Crippen LogP contribution in [-0.2, 0) is 0 Å². The van der Waals surface area contributed by atoms with Crippen LogP contribution in [0.3, 0.4) is 0 Å². The van der Waals surface area contributed by atoms with Crippen molar-refractivity contribution in [2.24, 2.45) is 0 Å². The van der Waals surface area contributed by atoms with Gasteiger partial charge in [0.2, 0.25) is 0 Å². The van der Waals surface area contributed by atoms with Crippen molar-refractivity contribution >= 4 is 0 Å². The summed E-state index contributed by atoms with van der Waals surface area (Å²) in [5, 5.41) is 8.34. The molecule has 1 unspecified atom stereocenters. The first-order chi connectivity index (χ1) is 8.77. The zero-order valence-electron chi connectivity index (χ0n) is 11.7. The highest BCUT2D eigenvalue weighted by Crippen LogP contribution is 2.33. The van der Waals surface area contributed by atoms with E-state index in [1.807, 2.05) is 0 Å². The van der Waals surface area contributed by atoms with Crippen molar-refractivity contribution in [3.05, 3.63) is 17.0 Å². The second kappa shape index (κ2) is 5.04. The van der Waals surface area contributed by atoms with Crippen LogP contribution in [0.4, 0.5) is 0 Å². The van der Waals surface area contributed by atoms with E-state index in [9.17, 15) is 0 Å². The van der Waals surface area contributed by atoms with Crippen LogP contribution in [0.25, 0.3) is 0 Å². The molecule has 1 saturated carbocycles. The Balaban J connectivity index is 1.89. The van der Waals surface area contributed by atoms with Gasteiger partial charge in [-0.1, -0.05) is 19.3 Å². The topological polar surface area (TPSA) is 29.9 Å². The van der Waals surface area contributed by atoms with E-state index in [-0.39, 0.29) is 0 Å². The number of hydrogen-bond donors (Lipinski definition) is 1. The molecule has 3 heteroatoms. The molecule has 1 aliphatic heterocycles. The van der Waals surface area contributed by atoms with Gasteiger partial charge >= 0.3 is 0 Å². The number of nitrogens with one attached hydrogen (secondary N) is 1. The number of aromatic nitrogens is 2. The Labute approximate surface area is 110 Å². The van der Waals surface area contributed by atoms with Crippen molar-refractivity contribution in [3.63, 3.8) is 0 Å². The van der Waals surface area contributed by atoms with Gasteiger partial charge in [0.05, 0.1) is 11.7 Å². The van der Waals surface area contributed by atoms with E-state index in [2.05, 4.69) is 23.8 Å². The first kappa shape index (κ1) is 12.2. The summed E-state index contributed by atoms with van der Waals surface area (Å²) in [6, 6.07) is 0.667. The normalized spacial score (nSPS) is 25.8. The van der Waals surface area contributed by atoms with Crippen LogP contribution < -0.4 is 5.32 Å². The lowest BCUT2D eigenvalue weighted by Crippen LogP contribution is -2.16. The van der Waals surface area contributed by atoms with Gasteiger partial charge in [0.1, 0.15) is 0 Å². The number of aryl methyl sites for hydroxylation is 1. The molecular formula is C15H25N3. The third-order valence-corrected chi connectivity index (χ3v) is 4.77. The molecule has 0 spiro atoms. The standard InChI is InChI=1S/C15H25N3/c1-11-15(13-8-9-16-10-13)12(2)18(17-11)14-6-4-3-5-7-14/h13-14,16H,3-10H2,1-2H3. The number of nitrogens with zero attached hydrogens (tertiary/aromatic N) is 2. The van der Waals surface area contributed by atoms with Crippen LogP contribution in [0.2, 0.25) is 0 Å². The number of rotatable bonds is 2. The highest BCUT2D eigenvalue weighted by molar-refractivity contribution is 5.30. The van der Waals surface area contributed by atoms with Crippen molar-refractivity contribution in [3.8, 4) is 0 Å². The maximum absolute atomic E-state index is 4.87. The summed E-state index contributed by atoms with van der Waals surface area (Å²) in [5.41, 5.74) is 4.24. The van der Waals surface area contributed by atoms with Crippen molar-refractivity contribution < 1.29 is 0 Å². The van der Waals surface area contributed by atoms with E-state index >= 15 is 0 Å². The van der Waals surface area contributed by atoms with E-state index in [0.717, 1.165) is 13.1 Å². The molecule has 2 aliphatic rings. The SMILES string of the molecule is Cc1nn(C2CCCCC2)c(C)c1C1CCNC1. The van der Waals surface area contributed by atoms with Gasteiger partial charge < -0.3 is 5.32 Å². The maximum Gasteiger partial charge on any atom is 0.0631 e. The average molecular weight is 247 g/mol. The van der Waals surface area contributed by atoms with Crippen LogP contribution in [0.5, 0.6) is 0 Å². The van der Waals surface area contributed by atoms with Crippen LogP contribution in [0, 0.1) is 13.8 Å². The molecule has 3 rings (SSSR count). The molecule has 1 aromatic rings. The predicted octanol–water partition coefficient (Wildman–Crippen LogP) is 3.08. The summed E-state index contributed by atoms with van der Waals surface area (Å²) in [5.74, 6) is 0.697. The second-order valence-electron chi connectivity index (χ2n) is 6.01. The lowest BCUT2D eigenvalue weighted by atomic mass is 9.94. The minimum atomic E-state index is 0.667. The molecule has 1 aliphatic carbocycles. The predicted molar refractivity (Wildman–Crippen MR) is 74.1 cm³/mol. The van der Waals surface area contributed by atoms with Gasteiger partial charge in [-0.3, -0.25) is 4.68 Å². The Kier molecular flexibility index (Phi) is 3.42. The molecule has 1 N–H and O–H groups in total. The van der Waals surface area contributed by atoms with Crippen LogP contribution >= 0.6 is 0 Å². The zero-order valence-corrected chi connectivity index (χ0v) is 11.7. The summed E-state index contributed by atoms with van der Waals surface area (Å²) in [6.07, 6.45) is 8.09. The molecule has 1 saturated heterocycles. The Morgan fingerprint density at radius 1 is 1.11 bits per heavy atom. The summed E-state index contributed by atoms with van der Waals surface area (Å²) in [7, 11) is 0. The van der Waals surface area contributed by atoms with Crippen LogP contribution in [0.15, 0.2) is 0 Å². The third-order valence-electron chi connectivity index (χ3n) is 4.77. The highest BCUT2D eigenvalue weighted by Gasteiger charge is 2.26. The molecule has 18 heavy (non-hydrogen) atoms. The fourth-order valence-corrected chi connectivity index (χ4v) is 3.85. The molecule has 2 fully saturated rings. The summed E-state index contributed by atoms with van der Waals surface area (Å²) in [6.45, 7) is 6.78. The second-order valence-corrected chi connectivity index (χ2v) is 6.01. The summed E-state index contributed by atoms with van der Waals surface area (Å²) >= 11 is 0. The van der Waals surface area contributed by atoms with Gasteiger partial charge in [-0.05, 0) is 39.7 Å². The van der Waals surface area contributed by atoms with Crippen LogP contribution in [0.1, 0.15) is 67.4 Å². The van der Waals surface area contributed by atoms with Crippen molar-refractivity contribution in [1.82, 2.24) is 15.1 Å². The Morgan fingerprint density at radius 2 is 1.89 bits per heavy atom. The third kappa shape index (κ3) is 2.09. The minimum absolute atomic E-state index is 0.667. The molecule has 3 nitrogen and oxygen atoms in total. The first-order valence-electron chi connectivity index (χ1n) is 7.53. The molecule has 0 amide bonds. The van der Waals surface area contributed by atoms with E-state index in [0.29, 0.717) is 12.0 Å². The van der Waals surface area contributed by atoms with Gasteiger partial charge in [0.15, 0.2) is 0 Å². The smallest absolute Gasteiger partial charge is 0.0631 e. The zero-order chi connectivity index (χ0) is 12.5. The fraction of sp³-hybridized carbons (Fsp3) is 0.800. The lowest BCUT2D eigenvalue weighted by Gasteiger charge is -2.23. The molecular weight excluding hydrogens is 222 g/mol. The van der Waals surface area contributed by atoms with E-state index in [1.165, 1.54) is 55.5 Å². The Morgan fingerprint density at radius 3 is 2.56 bits per heavy atom. The average Bonchev–Trinajstić information content (AvgIpc) is 2.99. The number of hydrogen-bond acceptors (Lipinski definition) is 2. The van der Waals surface area contributed by atoms with E-state index < -0.39 is 0 Å². The van der Waals surface area contributed by atoms with Crippen molar-refractivity contribution in [2.75, 3.05) is 13.1 Å². The minimum Gasteiger partial charge on any atom is -0.316 e. The molecule has 0 radical (unpaired) electrons. The van der Waals surface area contributed by atoms with E-state index in [1.54, 1.807) is 0 Å². The molecule has 100 valence electrons. The molecule has 1 aromatic heterocycles. The van der Waals surface area contributed by atoms with Crippen LogP contribution in [-0.4, -0.2) is 22.9 Å². The first-order valence-corrected chi connectivity index (χ1v) is 7.53. The van der Waals surface area contributed by atoms with Gasteiger partial charge in [0, 0.05) is 23.7 Å². The van der Waals surface area contributed by atoms with Crippen molar-refractivity contribution in [1.29, 1.82) is 0 Å². The van der Waals surface area contributed by atoms with Crippen molar-refractivity contribution in [2.45, 2.75) is 64.3 Å². The maximum atomic E-state index is 4.87. The van der Waals surface area contributed by atoms with Gasteiger partial charge in [-0.15, -0.1) is 0 Å². The lowest BCUT2D eigenvalue weighted by molar-refractivity contribution is 0.323. The van der Waals surface area contributed by atoms with E-state index in [4.69, 9.17) is 5.10 Å². The molecule has 1 atom stereocenters. The largest absolute Gasteiger partial charge is 0.316 e. The molecule has 0 bridgehead atoms. The van der Waals surface area contributed by atoms with Gasteiger partial charge in [-0.2, -0.15) is 5.10 Å². The summed E-state index contributed by atoms with van der Waals surface area (Å²) < 4.78 is 2.35. The van der Waals surface area contributed by atoms with Gasteiger partial charge in [0.25, 0.3) is 0 Å². The monoisotopic (exact) mass is 247 g/mol. The summed E-state index contributed by atoms with van der Waals surface area (Å²) in [4.78, 5) is 0.